The lowest BCUT2D eigenvalue weighted by Crippen LogP contribution is -2.98. The Morgan fingerprint density at radius 1 is 1.13 bits per heavy atom. The minimum atomic E-state index is -0.237. The predicted molar refractivity (Wildman–Crippen MR) is 118 cm³/mol. The second-order valence-corrected chi connectivity index (χ2v) is 11.3. The fraction of sp³-hybridized carbons (Fsp3) is 0.520. The maximum Gasteiger partial charge on any atom is 0.166 e. The van der Waals surface area contributed by atoms with E-state index >= 15 is 0 Å². The molecule has 2 spiro atoms. The van der Waals surface area contributed by atoms with Gasteiger partial charge in [0.2, 0.25) is 0 Å². The zero-order valence-corrected chi connectivity index (χ0v) is 18.0. The first-order chi connectivity index (χ1) is 14.6. The SMILES string of the molecule is CN1CC[C@]23c4c5ccc(O)c4O[C@]24[C@H](N2CCSc6ccccc62)CC[C@H]3C14C5. The normalized spacial score (nSPS) is 41.7. The van der Waals surface area contributed by atoms with E-state index in [4.69, 9.17) is 4.74 Å². The minimum absolute atomic E-state index is 0.0588. The molecule has 10 rings (SSSR count). The molecule has 0 radical (unpaired) electrons. The summed E-state index contributed by atoms with van der Waals surface area (Å²) in [5.41, 5.74) is 4.10. The lowest BCUT2D eigenvalue weighted by molar-refractivity contribution is -0.322. The topological polar surface area (TPSA) is 35.9 Å². The van der Waals surface area contributed by atoms with Crippen molar-refractivity contribution >= 4 is 17.4 Å². The third kappa shape index (κ3) is 1.39. The first kappa shape index (κ1) is 16.8. The molecular weight excluding hydrogens is 392 g/mol. The molecule has 8 aliphatic rings. The van der Waals surface area contributed by atoms with Gasteiger partial charge in [-0.1, -0.05) is 18.2 Å². The van der Waals surface area contributed by atoms with Gasteiger partial charge < -0.3 is 14.7 Å². The average molecular weight is 419 g/mol. The van der Waals surface area contributed by atoms with E-state index in [0.29, 0.717) is 17.7 Å². The number of ether oxygens (including phenoxy) is 1. The first-order valence-corrected chi connectivity index (χ1v) is 12.4. The summed E-state index contributed by atoms with van der Waals surface area (Å²) in [4.78, 5) is 6.74. The molecule has 2 aromatic carbocycles. The molecule has 3 saturated carbocycles. The van der Waals surface area contributed by atoms with Crippen LogP contribution in [0.1, 0.15) is 30.4 Å². The quantitative estimate of drug-likeness (QED) is 0.762. The van der Waals surface area contributed by atoms with Crippen LogP contribution in [0.5, 0.6) is 11.5 Å². The van der Waals surface area contributed by atoms with Crippen molar-refractivity contribution in [1.29, 1.82) is 0 Å². The number of likely N-dealkylation sites (N-methyl/N-ethyl adjacent to an activating group) is 1. The predicted octanol–water partition coefficient (Wildman–Crippen LogP) is 3.80. The maximum absolute atomic E-state index is 10.8. The van der Waals surface area contributed by atoms with Crippen LogP contribution in [-0.4, -0.2) is 53.1 Å². The second kappa shape index (κ2) is 4.97. The molecule has 4 aliphatic heterocycles. The van der Waals surface area contributed by atoms with E-state index in [1.165, 1.54) is 34.6 Å². The molecule has 154 valence electrons. The molecule has 2 saturated heterocycles. The van der Waals surface area contributed by atoms with E-state index in [-0.39, 0.29) is 16.6 Å². The molecule has 5 atom stereocenters. The average Bonchev–Trinajstić information content (AvgIpc) is 3.02. The van der Waals surface area contributed by atoms with E-state index in [0.717, 1.165) is 37.4 Å². The molecule has 1 unspecified atom stereocenters. The Morgan fingerprint density at radius 2 is 2.03 bits per heavy atom. The van der Waals surface area contributed by atoms with Crippen molar-refractivity contribution in [2.24, 2.45) is 5.92 Å². The Morgan fingerprint density at radius 3 is 2.97 bits per heavy atom. The summed E-state index contributed by atoms with van der Waals surface area (Å²) in [7, 11) is 2.33. The van der Waals surface area contributed by atoms with Crippen molar-refractivity contribution in [2.45, 2.75) is 53.2 Å². The summed E-state index contributed by atoms with van der Waals surface area (Å²) in [6.45, 7) is 2.21. The molecule has 0 aromatic heterocycles. The number of thioether (sulfide) groups is 1. The summed E-state index contributed by atoms with van der Waals surface area (Å²) in [6.07, 6.45) is 4.67. The van der Waals surface area contributed by atoms with E-state index in [2.05, 4.69) is 47.2 Å². The van der Waals surface area contributed by atoms with Crippen LogP contribution in [0.25, 0.3) is 0 Å². The standard InChI is InChI=1S/C25H26N2O2S/c1-26-11-10-23-19-8-9-20(27-12-13-30-18-5-3-2-4-16(18)27)25(23)24(19,26)14-15-6-7-17(28)22(29-25)21(15)23/h2-7,19-20,28H,8-14H2,1H3/t19-,20-,23+,24?,25-/m1/s1. The van der Waals surface area contributed by atoms with Gasteiger partial charge >= 0.3 is 0 Å². The van der Waals surface area contributed by atoms with E-state index in [9.17, 15) is 5.11 Å². The van der Waals surface area contributed by atoms with Gasteiger partial charge in [0.15, 0.2) is 17.1 Å². The Hall–Kier alpha value is -1.85. The highest BCUT2D eigenvalue weighted by atomic mass is 32.2. The third-order valence-corrected chi connectivity index (χ3v) is 10.8. The summed E-state index contributed by atoms with van der Waals surface area (Å²) < 4.78 is 7.12. The fourth-order valence-electron chi connectivity index (χ4n) is 9.10. The van der Waals surface area contributed by atoms with Crippen molar-refractivity contribution in [1.82, 2.24) is 4.90 Å². The number of nitrogens with zero attached hydrogens (tertiary/aromatic N) is 2. The van der Waals surface area contributed by atoms with E-state index in [1.54, 1.807) is 0 Å². The zero-order valence-electron chi connectivity index (χ0n) is 17.2. The van der Waals surface area contributed by atoms with Gasteiger partial charge in [0.05, 0.1) is 17.3 Å². The van der Waals surface area contributed by atoms with Gasteiger partial charge in [-0.15, -0.1) is 11.8 Å². The molecule has 5 fully saturated rings. The molecule has 0 amide bonds. The van der Waals surface area contributed by atoms with Gasteiger partial charge in [-0.25, -0.2) is 0 Å². The highest BCUT2D eigenvalue weighted by molar-refractivity contribution is 7.99. The second-order valence-electron chi connectivity index (χ2n) is 10.2. The molecule has 1 N–H and O–H groups in total. The van der Waals surface area contributed by atoms with Gasteiger partial charge in [-0.2, -0.15) is 0 Å². The minimum Gasteiger partial charge on any atom is -0.504 e. The Kier molecular flexibility index (Phi) is 2.78. The smallest absolute Gasteiger partial charge is 0.166 e. The zero-order chi connectivity index (χ0) is 19.9. The van der Waals surface area contributed by atoms with Crippen molar-refractivity contribution in [3.05, 3.63) is 47.5 Å². The van der Waals surface area contributed by atoms with Crippen molar-refractivity contribution in [2.75, 3.05) is 30.8 Å². The first-order valence-electron chi connectivity index (χ1n) is 11.4. The van der Waals surface area contributed by atoms with Crippen LogP contribution in [0.15, 0.2) is 41.3 Å². The summed E-state index contributed by atoms with van der Waals surface area (Å²) >= 11 is 1.98. The van der Waals surface area contributed by atoms with E-state index in [1.807, 2.05) is 17.8 Å². The largest absolute Gasteiger partial charge is 0.504 e. The lowest BCUT2D eigenvalue weighted by Gasteiger charge is -2.84. The van der Waals surface area contributed by atoms with Crippen LogP contribution < -0.4 is 9.64 Å². The van der Waals surface area contributed by atoms with Crippen molar-refractivity contribution in [3.8, 4) is 11.5 Å². The fourth-order valence-corrected chi connectivity index (χ4v) is 10.1. The molecule has 4 bridgehead atoms. The van der Waals surface area contributed by atoms with Crippen LogP contribution in [0.2, 0.25) is 0 Å². The number of para-hydroxylation sites is 1. The Labute approximate surface area is 181 Å². The summed E-state index contributed by atoms with van der Waals surface area (Å²) in [5, 5.41) is 10.8. The number of hydrogen-bond acceptors (Lipinski definition) is 5. The molecule has 5 heteroatoms. The number of anilines is 1. The summed E-state index contributed by atoms with van der Waals surface area (Å²) in [5.74, 6) is 2.95. The lowest BCUT2D eigenvalue weighted by atomic mass is 9.26. The third-order valence-electron chi connectivity index (χ3n) is 9.73. The molecule has 4 heterocycles. The molecule has 4 nitrogen and oxygen atoms in total. The van der Waals surface area contributed by atoms with Crippen molar-refractivity contribution < 1.29 is 9.84 Å². The number of benzene rings is 2. The summed E-state index contributed by atoms with van der Waals surface area (Å²) in [6, 6.07) is 13.3. The van der Waals surface area contributed by atoms with Crippen LogP contribution in [-0.2, 0) is 11.8 Å². The molecule has 4 aliphatic carbocycles. The van der Waals surface area contributed by atoms with Gasteiger partial charge in [-0.3, -0.25) is 4.90 Å². The number of piperidine rings is 2. The van der Waals surface area contributed by atoms with Crippen molar-refractivity contribution in [3.63, 3.8) is 0 Å². The van der Waals surface area contributed by atoms with E-state index < -0.39 is 0 Å². The number of phenolic OH excluding ortho intramolecular Hbond substituents is 1. The maximum atomic E-state index is 10.8. The highest BCUT2D eigenvalue weighted by Gasteiger charge is 2.93. The van der Waals surface area contributed by atoms with Gasteiger partial charge in [0.1, 0.15) is 0 Å². The van der Waals surface area contributed by atoms with Gasteiger partial charge in [-0.05, 0) is 69.0 Å². The van der Waals surface area contributed by atoms with Gasteiger partial charge in [0, 0.05) is 28.2 Å². The number of hydrogen-bond donors (Lipinski definition) is 1. The number of phenols is 1. The molecular formula is C25H26N2O2S. The van der Waals surface area contributed by atoms with Crippen LogP contribution >= 0.6 is 11.8 Å². The van der Waals surface area contributed by atoms with Crippen LogP contribution in [0.4, 0.5) is 5.69 Å². The Balaban J connectivity index is 1.40. The number of aromatic hydroxyl groups is 1. The van der Waals surface area contributed by atoms with Gasteiger partial charge in [0.25, 0.3) is 0 Å². The van der Waals surface area contributed by atoms with Crippen LogP contribution in [0, 0.1) is 5.92 Å². The van der Waals surface area contributed by atoms with Crippen LogP contribution in [0.3, 0.4) is 0 Å². The molecule has 2 aromatic rings. The number of fused-ring (bicyclic) bond motifs is 5. The Bertz CT molecular complexity index is 1140. The molecule has 30 heavy (non-hydrogen) atoms. The number of rotatable bonds is 1. The monoisotopic (exact) mass is 418 g/mol. The highest BCUT2D eigenvalue weighted by Crippen LogP contribution is 2.83.